The number of carbonyl (C=O) groups excluding carboxylic acids is 2. The second-order valence-corrected chi connectivity index (χ2v) is 15.5. The molecule has 0 aromatic heterocycles. The molecule has 360 valence electrons. The molecule has 5 aliphatic rings. The Kier molecular flexibility index (Phi) is 18.1. The molecule has 0 radical (unpaired) electrons. The van der Waals surface area contributed by atoms with Crippen LogP contribution in [0.25, 0.3) is 0 Å². The monoisotopic (exact) mass is 910 g/mol. The van der Waals surface area contributed by atoms with Crippen LogP contribution in [0.4, 0.5) is 0 Å². The van der Waals surface area contributed by atoms with Crippen molar-refractivity contribution in [1.82, 2.24) is 10.6 Å². The van der Waals surface area contributed by atoms with Gasteiger partial charge in [0.15, 0.2) is 31.5 Å². The fraction of sp³-hybridized carbons (Fsp3) is 0.941. The number of rotatable bonds is 15. The molecule has 0 aromatic rings. The van der Waals surface area contributed by atoms with Crippen molar-refractivity contribution in [2.45, 2.75) is 167 Å². The molecule has 5 heterocycles. The highest BCUT2D eigenvalue weighted by Gasteiger charge is 2.56. The van der Waals surface area contributed by atoms with E-state index in [4.69, 9.17) is 42.6 Å². The summed E-state index contributed by atoms with van der Waals surface area (Å²) in [7, 11) is 0. The van der Waals surface area contributed by atoms with Crippen LogP contribution in [0.2, 0.25) is 0 Å². The Morgan fingerprint density at radius 1 is 0.419 bits per heavy atom. The second-order valence-electron chi connectivity index (χ2n) is 15.5. The summed E-state index contributed by atoms with van der Waals surface area (Å²) in [5, 5.41) is 162. The Hall–Kier alpha value is -2.02. The maximum Gasteiger partial charge on any atom is 0.217 e. The summed E-state index contributed by atoms with van der Waals surface area (Å²) < 4.78 is 50.5. The van der Waals surface area contributed by atoms with Crippen LogP contribution in [0, 0.1) is 0 Å². The van der Waals surface area contributed by atoms with Crippen molar-refractivity contribution in [2.24, 2.45) is 0 Å². The lowest BCUT2D eigenvalue weighted by Gasteiger charge is -2.49. The topological polar surface area (TPSA) is 445 Å². The molecule has 2 amide bonds. The highest BCUT2D eigenvalue weighted by molar-refractivity contribution is 5.73. The van der Waals surface area contributed by atoms with E-state index in [1.807, 2.05) is 0 Å². The Bertz CT molecular complexity index is 1440. The number of ether oxygens (including phenoxy) is 9. The minimum Gasteiger partial charge on any atom is -0.394 e. The van der Waals surface area contributed by atoms with Gasteiger partial charge in [-0.3, -0.25) is 9.59 Å². The van der Waals surface area contributed by atoms with Crippen molar-refractivity contribution in [1.29, 1.82) is 0 Å². The third-order valence-corrected chi connectivity index (χ3v) is 11.1. The zero-order valence-corrected chi connectivity index (χ0v) is 33.2. The van der Waals surface area contributed by atoms with E-state index in [2.05, 4.69) is 10.6 Å². The molecule has 5 aliphatic heterocycles. The molecule has 28 heteroatoms. The average molecular weight is 911 g/mol. The smallest absolute Gasteiger partial charge is 0.217 e. The maximum atomic E-state index is 12.3. The SMILES string of the molecule is CC(=O)N[C@H]1[C@H](OC[C@H]2OC(O)[C@@H](O)[C@@H](O[C@@H]3O[C@H](CO)[C@@H](O[C@@H]4O[C@H](CO)[C@H](O)[C@H](O)[C@H]4O)[C@H](O)[C@H]3NC(C)=O)[C@@H]2O)O[C@H](CO)[C@@H](O[C@@H]2O[C@H](CO)[C@H](O)[C@H](O)[C@H]2O)[C@@H]1O. The predicted octanol–water partition coefficient (Wildman–Crippen LogP) is -11.6. The van der Waals surface area contributed by atoms with Gasteiger partial charge in [0.05, 0.1) is 33.0 Å². The number of hydrogen-bond acceptors (Lipinski definition) is 26. The van der Waals surface area contributed by atoms with E-state index in [1.54, 1.807) is 0 Å². The quantitative estimate of drug-likeness (QED) is 0.0725. The van der Waals surface area contributed by atoms with Gasteiger partial charge >= 0.3 is 0 Å². The molecular formula is C34H58N2O26. The first kappa shape index (κ1) is 51.0. The summed E-state index contributed by atoms with van der Waals surface area (Å²) in [5.41, 5.74) is 0. The fourth-order valence-electron chi connectivity index (χ4n) is 7.73. The van der Waals surface area contributed by atoms with Gasteiger partial charge in [0.25, 0.3) is 0 Å². The predicted molar refractivity (Wildman–Crippen MR) is 190 cm³/mol. The average Bonchev–Trinajstić information content (AvgIpc) is 3.23. The highest BCUT2D eigenvalue weighted by atomic mass is 16.8. The van der Waals surface area contributed by atoms with Gasteiger partial charge in [0.1, 0.15) is 122 Å². The highest BCUT2D eigenvalue weighted by Crippen LogP contribution is 2.34. The summed E-state index contributed by atoms with van der Waals surface area (Å²) >= 11 is 0. The number of carbonyl (C=O) groups is 2. The Morgan fingerprint density at radius 2 is 0.806 bits per heavy atom. The molecule has 17 N–H and O–H groups in total. The zero-order chi connectivity index (χ0) is 45.9. The van der Waals surface area contributed by atoms with Crippen LogP contribution in [-0.2, 0) is 52.2 Å². The van der Waals surface area contributed by atoms with Crippen LogP contribution in [0.1, 0.15) is 13.8 Å². The molecule has 0 spiro atoms. The Morgan fingerprint density at radius 3 is 1.23 bits per heavy atom. The molecule has 0 aromatic carbocycles. The summed E-state index contributed by atoms with van der Waals surface area (Å²) in [6, 6.07) is -3.22. The summed E-state index contributed by atoms with van der Waals surface area (Å²) in [4.78, 5) is 24.5. The largest absolute Gasteiger partial charge is 0.394 e. The number of amides is 2. The summed E-state index contributed by atoms with van der Waals surface area (Å²) in [6.45, 7) is -2.17. The third-order valence-electron chi connectivity index (χ3n) is 11.1. The van der Waals surface area contributed by atoms with Gasteiger partial charge in [-0.05, 0) is 0 Å². The van der Waals surface area contributed by atoms with Crippen molar-refractivity contribution in [3.8, 4) is 0 Å². The first-order valence-electron chi connectivity index (χ1n) is 19.6. The number of aliphatic hydroxyl groups is 15. The van der Waals surface area contributed by atoms with Crippen LogP contribution in [0.15, 0.2) is 0 Å². The lowest BCUT2D eigenvalue weighted by molar-refractivity contribution is -0.369. The minimum absolute atomic E-state index is 0.744. The van der Waals surface area contributed by atoms with Gasteiger partial charge < -0.3 is 130 Å². The zero-order valence-electron chi connectivity index (χ0n) is 33.2. The fourth-order valence-corrected chi connectivity index (χ4v) is 7.73. The molecule has 28 nitrogen and oxygen atoms in total. The molecular weight excluding hydrogens is 852 g/mol. The number of nitrogens with one attached hydrogen (secondary N) is 2. The number of hydrogen-bond donors (Lipinski definition) is 17. The Labute approximate surface area is 351 Å². The molecule has 0 saturated carbocycles. The second kappa shape index (κ2) is 22.0. The first-order valence-corrected chi connectivity index (χ1v) is 19.6. The van der Waals surface area contributed by atoms with Crippen molar-refractivity contribution in [3.05, 3.63) is 0 Å². The van der Waals surface area contributed by atoms with Crippen molar-refractivity contribution < 1.29 is 129 Å². The third kappa shape index (κ3) is 11.0. The van der Waals surface area contributed by atoms with E-state index in [0.717, 1.165) is 13.8 Å². The van der Waals surface area contributed by atoms with Crippen LogP contribution in [-0.4, -0.2) is 275 Å². The van der Waals surface area contributed by atoms with E-state index in [1.165, 1.54) is 0 Å². The lowest BCUT2D eigenvalue weighted by atomic mass is 9.94. The van der Waals surface area contributed by atoms with Crippen molar-refractivity contribution in [2.75, 3.05) is 33.0 Å². The molecule has 25 atom stereocenters. The van der Waals surface area contributed by atoms with Crippen LogP contribution < -0.4 is 10.6 Å². The van der Waals surface area contributed by atoms with Gasteiger partial charge in [0.2, 0.25) is 11.8 Å². The van der Waals surface area contributed by atoms with Gasteiger partial charge in [0, 0.05) is 13.8 Å². The molecule has 1 unspecified atom stereocenters. The molecule has 5 rings (SSSR count). The normalized spacial score (nSPS) is 49.0. The summed E-state index contributed by atoms with van der Waals surface area (Å²) in [6.07, 6.45) is -41.2. The molecule has 62 heavy (non-hydrogen) atoms. The van der Waals surface area contributed by atoms with Gasteiger partial charge in [-0.1, -0.05) is 0 Å². The first-order chi connectivity index (χ1) is 29.3. The standard InChI is InChI=1S/C34H58N2O26/c1-8(41)35-15-20(46)27(60-33-24(50)22(48)17(43)10(3-37)56-33)12(5-39)58-31(15)54-7-14-19(45)29(26(52)30(53)55-14)62-32-16(36-9(2)42)21(47)28(13(6-40)59-32)61-34-25(51)23(49)18(44)11(4-38)57-34/h10-34,37-40,43-53H,3-7H2,1-2H3,(H,35,41)(H,36,42)/t10-,11-,12-,13-,14-,15-,16-,17+,18+,19-,20-,21-,22+,23+,24-,25-,26+,27-,28-,29+,30?,31-,32+,33+,34+/m1/s1. The van der Waals surface area contributed by atoms with Gasteiger partial charge in [-0.2, -0.15) is 0 Å². The molecule has 5 saturated heterocycles. The van der Waals surface area contributed by atoms with E-state index in [9.17, 15) is 86.2 Å². The lowest BCUT2D eigenvalue weighted by Crippen LogP contribution is -2.69. The minimum atomic E-state index is -2.13. The van der Waals surface area contributed by atoms with Gasteiger partial charge in [-0.25, -0.2) is 0 Å². The molecule has 0 bridgehead atoms. The van der Waals surface area contributed by atoms with E-state index in [-0.39, 0.29) is 0 Å². The van der Waals surface area contributed by atoms with E-state index in [0.29, 0.717) is 0 Å². The van der Waals surface area contributed by atoms with Crippen LogP contribution >= 0.6 is 0 Å². The number of aliphatic hydroxyl groups excluding tert-OH is 15. The molecule has 0 aliphatic carbocycles. The molecule has 5 fully saturated rings. The van der Waals surface area contributed by atoms with E-state index < -0.39 is 198 Å². The Balaban J connectivity index is 1.30. The van der Waals surface area contributed by atoms with E-state index >= 15 is 0 Å². The van der Waals surface area contributed by atoms with Crippen LogP contribution in [0.5, 0.6) is 0 Å². The van der Waals surface area contributed by atoms with Crippen LogP contribution in [0.3, 0.4) is 0 Å². The van der Waals surface area contributed by atoms with Crippen molar-refractivity contribution >= 4 is 11.8 Å². The summed E-state index contributed by atoms with van der Waals surface area (Å²) in [5.74, 6) is -1.53. The van der Waals surface area contributed by atoms with Gasteiger partial charge in [-0.15, -0.1) is 0 Å². The van der Waals surface area contributed by atoms with Crippen molar-refractivity contribution in [3.63, 3.8) is 0 Å². The maximum absolute atomic E-state index is 12.3.